The second-order valence-corrected chi connectivity index (χ2v) is 7.32. The molecule has 2 rings (SSSR count). The van der Waals surface area contributed by atoms with E-state index in [1.54, 1.807) is 13.0 Å². The van der Waals surface area contributed by atoms with Crippen LogP contribution in [0.15, 0.2) is 37.6 Å². The Labute approximate surface area is 121 Å². The summed E-state index contributed by atoms with van der Waals surface area (Å²) in [5.74, 6) is 0.433. The molecule has 1 aromatic heterocycles. The first kappa shape index (κ1) is 14.8. The van der Waals surface area contributed by atoms with E-state index < -0.39 is 10.0 Å². The van der Waals surface area contributed by atoms with E-state index in [0.29, 0.717) is 21.7 Å². The van der Waals surface area contributed by atoms with Gasteiger partial charge in [0.05, 0.1) is 4.90 Å². The van der Waals surface area contributed by atoms with Gasteiger partial charge in [0.2, 0.25) is 15.9 Å². The van der Waals surface area contributed by atoms with Crippen molar-refractivity contribution in [2.24, 2.45) is 0 Å². The van der Waals surface area contributed by atoms with E-state index in [4.69, 9.17) is 10.2 Å². The number of aromatic nitrogens is 2. The Morgan fingerprint density at radius 2 is 2.00 bits per heavy atom. The maximum Gasteiger partial charge on any atom is 0.281 e. The molecule has 2 aromatic rings. The van der Waals surface area contributed by atoms with Crippen LogP contribution in [0.1, 0.15) is 5.89 Å². The Morgan fingerprint density at radius 1 is 1.30 bits per heavy atom. The number of benzene rings is 1. The number of sulfonamides is 1. The predicted octanol–water partition coefficient (Wildman–Crippen LogP) is 1.36. The molecule has 0 unspecified atom stereocenters. The summed E-state index contributed by atoms with van der Waals surface area (Å²) in [7, 11) is -0.561. The average molecular weight is 314 g/mol. The smallest absolute Gasteiger partial charge is 0.281 e. The zero-order valence-electron chi connectivity index (χ0n) is 11.2. The highest BCUT2D eigenvalue weighted by atomic mass is 32.2. The summed E-state index contributed by atoms with van der Waals surface area (Å²) in [5, 5.41) is 7.86. The lowest BCUT2D eigenvalue weighted by atomic mass is 10.3. The van der Waals surface area contributed by atoms with Crippen LogP contribution in [0.25, 0.3) is 0 Å². The second-order valence-electron chi connectivity index (χ2n) is 4.18. The molecule has 0 aliphatic rings. The Kier molecular flexibility index (Phi) is 4.02. The topological polar surface area (TPSA) is 102 Å². The SMILES string of the molecule is Cc1nnc(Sc2cc(S(=O)(=O)N(C)C)ccc2N)o1. The van der Waals surface area contributed by atoms with E-state index >= 15 is 0 Å². The number of hydrogen-bond acceptors (Lipinski definition) is 7. The van der Waals surface area contributed by atoms with Gasteiger partial charge in [-0.3, -0.25) is 0 Å². The molecule has 0 atom stereocenters. The van der Waals surface area contributed by atoms with Crippen LogP contribution in [0.3, 0.4) is 0 Å². The predicted molar refractivity (Wildman–Crippen MR) is 74.9 cm³/mol. The van der Waals surface area contributed by atoms with Crippen LogP contribution in [-0.4, -0.2) is 37.0 Å². The lowest BCUT2D eigenvalue weighted by Gasteiger charge is -2.12. The minimum absolute atomic E-state index is 0.162. The lowest BCUT2D eigenvalue weighted by molar-refractivity contribution is 0.429. The molecule has 2 N–H and O–H groups in total. The third-order valence-corrected chi connectivity index (χ3v) is 5.19. The van der Waals surface area contributed by atoms with Gasteiger partial charge in [-0.1, -0.05) is 0 Å². The molecule has 0 spiro atoms. The van der Waals surface area contributed by atoms with Crippen LogP contribution >= 0.6 is 11.8 Å². The summed E-state index contributed by atoms with van der Waals surface area (Å²) in [6.07, 6.45) is 0. The first-order valence-electron chi connectivity index (χ1n) is 5.60. The molecule has 9 heteroatoms. The fourth-order valence-electron chi connectivity index (χ4n) is 1.39. The highest BCUT2D eigenvalue weighted by molar-refractivity contribution is 7.99. The van der Waals surface area contributed by atoms with Crippen molar-refractivity contribution in [3.63, 3.8) is 0 Å². The molecule has 0 radical (unpaired) electrons. The van der Waals surface area contributed by atoms with E-state index in [-0.39, 0.29) is 4.90 Å². The summed E-state index contributed by atoms with van der Waals surface area (Å²) in [6.45, 7) is 1.67. The molecule has 1 heterocycles. The van der Waals surface area contributed by atoms with Gasteiger partial charge in [-0.2, -0.15) is 0 Å². The normalized spacial score (nSPS) is 12.0. The Bertz CT molecular complexity index is 725. The van der Waals surface area contributed by atoms with Gasteiger partial charge in [-0.25, -0.2) is 12.7 Å². The van der Waals surface area contributed by atoms with Crippen molar-refractivity contribution in [2.75, 3.05) is 19.8 Å². The number of nitrogens with zero attached hydrogens (tertiary/aromatic N) is 3. The Balaban J connectivity index is 2.39. The molecule has 108 valence electrons. The molecule has 0 amide bonds. The molecule has 1 aromatic carbocycles. The summed E-state index contributed by atoms with van der Waals surface area (Å²) < 4.78 is 30.5. The number of hydrogen-bond donors (Lipinski definition) is 1. The van der Waals surface area contributed by atoms with Gasteiger partial charge in [-0.15, -0.1) is 10.2 Å². The maximum atomic E-state index is 12.1. The van der Waals surface area contributed by atoms with Crippen LogP contribution in [0.2, 0.25) is 0 Å². The standard InChI is InChI=1S/C11H14N4O3S2/c1-7-13-14-11(18-7)19-10-6-8(4-5-9(10)12)20(16,17)15(2)3/h4-6H,12H2,1-3H3. The molecule has 0 saturated carbocycles. The van der Waals surface area contributed by atoms with E-state index in [1.807, 2.05) is 0 Å². The van der Waals surface area contributed by atoms with Gasteiger partial charge in [0.1, 0.15) is 0 Å². The average Bonchev–Trinajstić information content (AvgIpc) is 2.77. The van der Waals surface area contributed by atoms with E-state index in [9.17, 15) is 8.42 Å². The van der Waals surface area contributed by atoms with E-state index in [1.165, 1.54) is 26.2 Å². The van der Waals surface area contributed by atoms with Crippen molar-refractivity contribution in [3.05, 3.63) is 24.1 Å². The van der Waals surface area contributed by atoms with Gasteiger partial charge < -0.3 is 10.2 Å². The molecule has 0 aliphatic heterocycles. The lowest BCUT2D eigenvalue weighted by Crippen LogP contribution is -2.22. The van der Waals surface area contributed by atoms with Crippen molar-refractivity contribution in [1.82, 2.24) is 14.5 Å². The first-order valence-corrected chi connectivity index (χ1v) is 7.86. The van der Waals surface area contributed by atoms with Crippen LogP contribution in [0, 0.1) is 6.92 Å². The number of anilines is 1. The summed E-state index contributed by atoms with van der Waals surface area (Å²) in [6, 6.07) is 4.50. The highest BCUT2D eigenvalue weighted by Gasteiger charge is 2.19. The minimum atomic E-state index is -3.51. The van der Waals surface area contributed by atoms with Crippen LogP contribution in [-0.2, 0) is 10.0 Å². The fourth-order valence-corrected chi connectivity index (χ4v) is 3.19. The molecule has 20 heavy (non-hydrogen) atoms. The molecular weight excluding hydrogens is 300 g/mol. The first-order chi connectivity index (χ1) is 9.30. The van der Waals surface area contributed by atoms with Gasteiger partial charge in [0, 0.05) is 31.6 Å². The van der Waals surface area contributed by atoms with E-state index in [2.05, 4.69) is 10.2 Å². The number of nitrogen functional groups attached to an aromatic ring is 1. The maximum absolute atomic E-state index is 12.1. The Hall–Kier alpha value is -1.58. The van der Waals surface area contributed by atoms with Crippen LogP contribution in [0.4, 0.5) is 5.69 Å². The fraction of sp³-hybridized carbons (Fsp3) is 0.273. The van der Waals surface area contributed by atoms with Gasteiger partial charge >= 0.3 is 0 Å². The zero-order valence-corrected chi connectivity index (χ0v) is 12.8. The van der Waals surface area contributed by atoms with Gasteiger partial charge in [-0.05, 0) is 30.0 Å². The van der Waals surface area contributed by atoms with Crippen LogP contribution in [0.5, 0.6) is 0 Å². The summed E-state index contributed by atoms with van der Waals surface area (Å²) >= 11 is 1.13. The quantitative estimate of drug-likeness (QED) is 0.850. The van der Waals surface area contributed by atoms with Crippen molar-refractivity contribution in [2.45, 2.75) is 21.9 Å². The van der Waals surface area contributed by atoms with Crippen molar-refractivity contribution in [1.29, 1.82) is 0 Å². The summed E-state index contributed by atoms with van der Waals surface area (Å²) in [4.78, 5) is 0.715. The van der Waals surface area contributed by atoms with Gasteiger partial charge in [0.15, 0.2) is 0 Å². The van der Waals surface area contributed by atoms with Gasteiger partial charge in [0.25, 0.3) is 5.22 Å². The third-order valence-electron chi connectivity index (χ3n) is 2.47. The third kappa shape index (κ3) is 2.94. The monoisotopic (exact) mass is 314 g/mol. The molecule has 0 saturated heterocycles. The number of aryl methyl sites for hydroxylation is 1. The largest absolute Gasteiger partial charge is 0.416 e. The van der Waals surface area contributed by atoms with Crippen LogP contribution < -0.4 is 5.73 Å². The second kappa shape index (κ2) is 5.43. The highest BCUT2D eigenvalue weighted by Crippen LogP contribution is 2.33. The number of nitrogens with two attached hydrogens (primary N) is 1. The zero-order chi connectivity index (χ0) is 14.9. The van der Waals surface area contributed by atoms with Crippen molar-refractivity contribution in [3.8, 4) is 0 Å². The molecule has 0 bridgehead atoms. The molecule has 0 aliphatic carbocycles. The summed E-state index contributed by atoms with van der Waals surface area (Å²) in [5.41, 5.74) is 6.29. The minimum Gasteiger partial charge on any atom is -0.416 e. The van der Waals surface area contributed by atoms with E-state index in [0.717, 1.165) is 16.1 Å². The molecule has 7 nitrogen and oxygen atoms in total. The van der Waals surface area contributed by atoms with Crippen molar-refractivity contribution < 1.29 is 12.8 Å². The van der Waals surface area contributed by atoms with Crippen molar-refractivity contribution >= 4 is 27.5 Å². The molecule has 0 fully saturated rings. The number of rotatable bonds is 4. The Morgan fingerprint density at radius 3 is 2.55 bits per heavy atom. The molecular formula is C11H14N4O3S2.